The van der Waals surface area contributed by atoms with Crippen LogP contribution in [0.4, 0.5) is 0 Å². The fourth-order valence-electron chi connectivity index (χ4n) is 1.66. The van der Waals surface area contributed by atoms with Crippen molar-refractivity contribution in [3.8, 4) is 0 Å². The van der Waals surface area contributed by atoms with Crippen LogP contribution in [0.25, 0.3) is 0 Å². The van der Waals surface area contributed by atoms with Gasteiger partial charge in [0, 0.05) is 19.5 Å². The molecule has 1 fully saturated rings. The van der Waals surface area contributed by atoms with Gasteiger partial charge < -0.3 is 4.74 Å². The highest BCUT2D eigenvalue weighted by atomic mass is 16.5. The van der Waals surface area contributed by atoms with Gasteiger partial charge in [0.2, 0.25) is 0 Å². The van der Waals surface area contributed by atoms with Crippen LogP contribution in [0, 0.1) is 0 Å². The topological polar surface area (TPSA) is 33.3 Å². The maximum atomic E-state index is 5.52. The van der Waals surface area contributed by atoms with E-state index >= 15 is 0 Å². The lowest BCUT2D eigenvalue weighted by molar-refractivity contribution is 0.0234. The molecule has 0 aromatic heterocycles. The Morgan fingerprint density at radius 2 is 2.18 bits per heavy atom. The molecule has 2 rings (SSSR count). The van der Waals surface area contributed by atoms with Crippen molar-refractivity contribution in [3.63, 3.8) is 0 Å². The fraction of sp³-hybridized carbons (Fsp3) is 0.750. The van der Waals surface area contributed by atoms with Crippen LogP contribution in [0.3, 0.4) is 0 Å². The van der Waals surface area contributed by atoms with E-state index in [-0.39, 0.29) is 5.60 Å². The van der Waals surface area contributed by atoms with E-state index < -0.39 is 0 Å². The Morgan fingerprint density at radius 1 is 1.45 bits per heavy atom. The van der Waals surface area contributed by atoms with Gasteiger partial charge in [-0.1, -0.05) is 0 Å². The first-order valence-electron chi connectivity index (χ1n) is 4.11. The van der Waals surface area contributed by atoms with E-state index in [1.54, 1.807) is 6.26 Å². The summed E-state index contributed by atoms with van der Waals surface area (Å²) in [6.45, 7) is 4.22. The van der Waals surface area contributed by atoms with E-state index in [9.17, 15) is 0 Å². The van der Waals surface area contributed by atoms with Gasteiger partial charge in [-0.15, -0.1) is 0 Å². The van der Waals surface area contributed by atoms with E-state index in [2.05, 4.69) is 23.6 Å². The summed E-state index contributed by atoms with van der Waals surface area (Å²) in [4.78, 5) is 0. The molecule has 1 atom stereocenters. The van der Waals surface area contributed by atoms with Crippen LogP contribution in [-0.2, 0) is 4.74 Å². The predicted molar refractivity (Wildman–Crippen MR) is 43.0 cm³/mol. The summed E-state index contributed by atoms with van der Waals surface area (Å²) in [6, 6.07) is 0. The molecule has 1 saturated heterocycles. The highest BCUT2D eigenvalue weighted by Crippen LogP contribution is 2.26. The molecule has 0 aliphatic carbocycles. The van der Waals surface area contributed by atoms with Crippen molar-refractivity contribution >= 4 is 0 Å². The maximum Gasteiger partial charge on any atom is 0.137 e. The molecule has 0 spiro atoms. The Bertz CT molecular complexity index is 165. The molecule has 1 unspecified atom stereocenters. The van der Waals surface area contributed by atoms with Crippen molar-refractivity contribution in [2.24, 2.45) is 0 Å². The summed E-state index contributed by atoms with van der Waals surface area (Å²) in [7, 11) is 0. The Kier molecular flexibility index (Phi) is 1.62. The van der Waals surface area contributed by atoms with Crippen molar-refractivity contribution in [2.45, 2.75) is 25.1 Å². The summed E-state index contributed by atoms with van der Waals surface area (Å²) in [6.07, 6.45) is 5.18. The van der Waals surface area contributed by atoms with Crippen LogP contribution >= 0.6 is 0 Å². The van der Waals surface area contributed by atoms with Gasteiger partial charge >= 0.3 is 0 Å². The molecular weight excluding hydrogens is 140 g/mol. The molecule has 11 heavy (non-hydrogen) atoms. The highest BCUT2D eigenvalue weighted by molar-refractivity contribution is 5.02. The molecule has 2 aliphatic rings. The lowest BCUT2D eigenvalue weighted by atomic mass is 10.0. The average molecular weight is 154 g/mol. The Labute approximate surface area is 66.8 Å². The third-order valence-electron chi connectivity index (χ3n) is 2.39. The first kappa shape index (κ1) is 7.13. The van der Waals surface area contributed by atoms with E-state index in [1.807, 2.05) is 0 Å². The van der Waals surface area contributed by atoms with Gasteiger partial charge in [-0.05, 0) is 13.0 Å². The van der Waals surface area contributed by atoms with E-state index in [1.165, 1.54) is 0 Å². The first-order valence-corrected chi connectivity index (χ1v) is 4.11. The van der Waals surface area contributed by atoms with Gasteiger partial charge in [0.25, 0.3) is 0 Å². The number of rotatable bonds is 1. The highest BCUT2D eigenvalue weighted by Gasteiger charge is 2.38. The Balaban J connectivity index is 2.01. The number of ether oxygens (including phenoxy) is 1. The van der Waals surface area contributed by atoms with E-state index in [0.29, 0.717) is 6.17 Å². The molecule has 62 valence electrons. The van der Waals surface area contributed by atoms with Crippen LogP contribution in [0.15, 0.2) is 12.3 Å². The third kappa shape index (κ3) is 1.14. The monoisotopic (exact) mass is 154 g/mol. The fourth-order valence-corrected chi connectivity index (χ4v) is 1.66. The van der Waals surface area contributed by atoms with Crippen LogP contribution < -0.4 is 10.6 Å². The van der Waals surface area contributed by atoms with Crippen molar-refractivity contribution < 1.29 is 4.74 Å². The van der Waals surface area contributed by atoms with Gasteiger partial charge in [-0.2, -0.15) is 0 Å². The lowest BCUT2D eigenvalue weighted by Gasteiger charge is -2.30. The molecule has 0 aromatic rings. The van der Waals surface area contributed by atoms with Crippen LogP contribution in [0.1, 0.15) is 13.3 Å². The Morgan fingerprint density at radius 3 is 2.73 bits per heavy atom. The van der Waals surface area contributed by atoms with Crippen molar-refractivity contribution in [3.05, 3.63) is 12.3 Å². The summed E-state index contributed by atoms with van der Waals surface area (Å²) in [5.41, 5.74) is -0.0590. The molecule has 3 heteroatoms. The van der Waals surface area contributed by atoms with E-state index in [0.717, 1.165) is 19.5 Å². The van der Waals surface area contributed by atoms with E-state index in [4.69, 9.17) is 4.74 Å². The van der Waals surface area contributed by atoms with Gasteiger partial charge in [-0.25, -0.2) is 0 Å². The van der Waals surface area contributed by atoms with Crippen molar-refractivity contribution in [1.82, 2.24) is 10.6 Å². The average Bonchev–Trinajstić information content (AvgIpc) is 2.55. The molecule has 2 heterocycles. The molecule has 2 N–H and O–H groups in total. The van der Waals surface area contributed by atoms with Crippen LogP contribution in [0.5, 0.6) is 0 Å². The normalized spacial score (nSPS) is 37.9. The number of nitrogens with one attached hydrogen (secondary N) is 2. The smallest absolute Gasteiger partial charge is 0.137 e. The molecular formula is C8H14N2O. The minimum atomic E-state index is -0.0590. The number of hydrogen-bond acceptors (Lipinski definition) is 3. The second-order valence-corrected chi connectivity index (χ2v) is 3.35. The summed E-state index contributed by atoms with van der Waals surface area (Å²) in [5.74, 6) is 0. The quantitative estimate of drug-likeness (QED) is 0.566. The molecule has 0 saturated carbocycles. The largest absolute Gasteiger partial charge is 0.492 e. The third-order valence-corrected chi connectivity index (χ3v) is 2.39. The van der Waals surface area contributed by atoms with Crippen LogP contribution in [0.2, 0.25) is 0 Å². The zero-order chi connectivity index (χ0) is 7.73. The molecule has 3 nitrogen and oxygen atoms in total. The van der Waals surface area contributed by atoms with Crippen LogP contribution in [-0.4, -0.2) is 24.9 Å². The van der Waals surface area contributed by atoms with Crippen molar-refractivity contribution in [2.75, 3.05) is 13.1 Å². The predicted octanol–water partition coefficient (Wildman–Crippen LogP) is 0.198. The van der Waals surface area contributed by atoms with Gasteiger partial charge in [0.15, 0.2) is 0 Å². The maximum absolute atomic E-state index is 5.52. The second kappa shape index (κ2) is 2.50. The van der Waals surface area contributed by atoms with Gasteiger partial charge in [0.1, 0.15) is 5.60 Å². The molecule has 0 radical (unpaired) electrons. The second-order valence-electron chi connectivity index (χ2n) is 3.35. The zero-order valence-electron chi connectivity index (χ0n) is 6.76. The minimum Gasteiger partial charge on any atom is -0.492 e. The Hall–Kier alpha value is -0.540. The zero-order valence-corrected chi connectivity index (χ0v) is 6.76. The standard InChI is InChI=1S/C8H14N2O/c1-8(3-2-6-11-8)7-9-4-5-10-7/h2,6-7,9-10H,3-5H2,1H3. The molecule has 0 aromatic carbocycles. The summed E-state index contributed by atoms with van der Waals surface area (Å²) < 4.78 is 5.52. The van der Waals surface area contributed by atoms with Crippen molar-refractivity contribution in [1.29, 1.82) is 0 Å². The minimum absolute atomic E-state index is 0.0590. The SMILES string of the molecule is CC1(C2NCCN2)CC=CO1. The molecule has 0 amide bonds. The summed E-state index contributed by atoms with van der Waals surface area (Å²) >= 11 is 0. The van der Waals surface area contributed by atoms with Gasteiger partial charge in [-0.3, -0.25) is 10.6 Å². The van der Waals surface area contributed by atoms with Gasteiger partial charge in [0.05, 0.1) is 12.4 Å². The first-order chi connectivity index (χ1) is 5.31. The lowest BCUT2D eigenvalue weighted by Crippen LogP contribution is -2.51. The summed E-state index contributed by atoms with van der Waals surface area (Å²) in [5, 5.41) is 6.73. The molecule has 0 bridgehead atoms. The number of hydrogen-bond donors (Lipinski definition) is 2. The molecule has 2 aliphatic heterocycles.